The van der Waals surface area contributed by atoms with Gasteiger partial charge in [0.1, 0.15) is 17.1 Å². The van der Waals surface area contributed by atoms with Gasteiger partial charge in [0.05, 0.1) is 0 Å². The minimum Gasteiger partial charge on any atom is -0.507 e. The summed E-state index contributed by atoms with van der Waals surface area (Å²) in [7, 11) is 0. The third kappa shape index (κ3) is 2.92. The minimum absolute atomic E-state index is 0.0584. The van der Waals surface area contributed by atoms with Crippen LogP contribution in [-0.2, 0) is 0 Å². The molecule has 1 heterocycles. The Kier molecular flexibility index (Phi) is 4.04. The van der Waals surface area contributed by atoms with Crippen LogP contribution in [0.3, 0.4) is 0 Å². The fourth-order valence-electron chi connectivity index (χ4n) is 2.21. The van der Waals surface area contributed by atoms with Crippen molar-refractivity contribution in [2.45, 2.75) is 25.3 Å². The first kappa shape index (κ1) is 12.7. The molecule has 5 heteroatoms. The number of aromatic hydroxyl groups is 2. The second-order valence-corrected chi connectivity index (χ2v) is 4.51. The molecule has 0 spiro atoms. The predicted molar refractivity (Wildman–Crippen MR) is 67.7 cm³/mol. The molecule has 1 amide bonds. The Morgan fingerprint density at radius 2 is 2.11 bits per heavy atom. The van der Waals surface area contributed by atoms with Crippen LogP contribution in [0, 0.1) is 0 Å². The zero-order valence-corrected chi connectivity index (χ0v) is 10.1. The van der Waals surface area contributed by atoms with Gasteiger partial charge in [-0.2, -0.15) is 0 Å². The number of phenols is 2. The molecule has 98 valence electrons. The van der Waals surface area contributed by atoms with Gasteiger partial charge in [0.2, 0.25) is 0 Å². The average Bonchev–Trinajstić information content (AvgIpc) is 2.82. The van der Waals surface area contributed by atoms with Crippen molar-refractivity contribution in [3.05, 3.63) is 23.8 Å². The third-order valence-corrected chi connectivity index (χ3v) is 3.19. The maximum atomic E-state index is 11.8. The van der Waals surface area contributed by atoms with Crippen molar-refractivity contribution in [2.24, 2.45) is 0 Å². The number of hydrogen-bond donors (Lipinski definition) is 4. The van der Waals surface area contributed by atoms with Crippen LogP contribution in [0.1, 0.15) is 29.6 Å². The highest BCUT2D eigenvalue weighted by atomic mass is 16.3. The van der Waals surface area contributed by atoms with Gasteiger partial charge in [-0.05, 0) is 37.9 Å². The number of phenolic OH excluding ortho intramolecular Hbond substituents is 2. The lowest BCUT2D eigenvalue weighted by atomic mass is 10.1. The summed E-state index contributed by atoms with van der Waals surface area (Å²) in [6.45, 7) is 1.57. The predicted octanol–water partition coefficient (Wildman–Crippen LogP) is 0.970. The molecule has 0 aliphatic carbocycles. The third-order valence-electron chi connectivity index (χ3n) is 3.19. The number of benzene rings is 1. The summed E-state index contributed by atoms with van der Waals surface area (Å²) in [5, 5.41) is 25.1. The van der Waals surface area contributed by atoms with Crippen molar-refractivity contribution < 1.29 is 15.0 Å². The number of amides is 1. The van der Waals surface area contributed by atoms with E-state index in [1.807, 2.05) is 0 Å². The molecule has 0 aromatic heterocycles. The maximum Gasteiger partial charge on any atom is 0.258 e. The first-order chi connectivity index (χ1) is 8.68. The molecule has 1 aliphatic rings. The van der Waals surface area contributed by atoms with E-state index in [1.165, 1.54) is 24.6 Å². The van der Waals surface area contributed by atoms with Crippen LogP contribution in [0.25, 0.3) is 0 Å². The Labute approximate surface area is 106 Å². The SMILES string of the molecule is O=C(NCC[C@@H]1CCCN1)c1c(O)cccc1O. The lowest BCUT2D eigenvalue weighted by Crippen LogP contribution is -2.30. The molecule has 1 fully saturated rings. The Morgan fingerprint density at radius 3 is 2.72 bits per heavy atom. The molecule has 1 aliphatic heterocycles. The summed E-state index contributed by atoms with van der Waals surface area (Å²) >= 11 is 0. The van der Waals surface area contributed by atoms with E-state index in [9.17, 15) is 15.0 Å². The molecular weight excluding hydrogens is 232 g/mol. The van der Waals surface area contributed by atoms with E-state index in [2.05, 4.69) is 10.6 Å². The molecule has 1 aromatic carbocycles. The molecule has 4 N–H and O–H groups in total. The van der Waals surface area contributed by atoms with Crippen LogP contribution in [0.5, 0.6) is 11.5 Å². The number of rotatable bonds is 4. The smallest absolute Gasteiger partial charge is 0.258 e. The highest BCUT2D eigenvalue weighted by Gasteiger charge is 2.17. The molecule has 1 atom stereocenters. The summed E-state index contributed by atoms with van der Waals surface area (Å²) in [6.07, 6.45) is 3.18. The first-order valence-corrected chi connectivity index (χ1v) is 6.21. The molecule has 0 unspecified atom stereocenters. The standard InChI is InChI=1S/C13H18N2O3/c16-10-4-1-5-11(17)12(10)13(18)15-8-6-9-3-2-7-14-9/h1,4-5,9,14,16-17H,2-3,6-8H2,(H,15,18)/t9-/m0/s1. The highest BCUT2D eigenvalue weighted by Crippen LogP contribution is 2.25. The second kappa shape index (κ2) is 5.73. The Balaban J connectivity index is 1.87. The molecule has 0 saturated carbocycles. The van der Waals surface area contributed by atoms with Crippen LogP contribution >= 0.6 is 0 Å². The zero-order chi connectivity index (χ0) is 13.0. The fourth-order valence-corrected chi connectivity index (χ4v) is 2.21. The van der Waals surface area contributed by atoms with E-state index >= 15 is 0 Å². The van der Waals surface area contributed by atoms with E-state index in [0.29, 0.717) is 12.6 Å². The monoisotopic (exact) mass is 250 g/mol. The number of hydrogen-bond acceptors (Lipinski definition) is 4. The Bertz CT molecular complexity index is 408. The molecule has 0 radical (unpaired) electrons. The fraction of sp³-hybridized carbons (Fsp3) is 0.462. The van der Waals surface area contributed by atoms with Gasteiger partial charge >= 0.3 is 0 Å². The molecule has 1 saturated heterocycles. The number of carbonyl (C=O) groups is 1. The van der Waals surface area contributed by atoms with Gasteiger partial charge in [0.15, 0.2) is 0 Å². The summed E-state index contributed by atoms with van der Waals surface area (Å²) in [5.74, 6) is -0.846. The van der Waals surface area contributed by atoms with E-state index in [4.69, 9.17) is 0 Å². The minimum atomic E-state index is -0.441. The van der Waals surface area contributed by atoms with Crippen molar-refractivity contribution in [2.75, 3.05) is 13.1 Å². The van der Waals surface area contributed by atoms with Gasteiger partial charge < -0.3 is 20.8 Å². The van der Waals surface area contributed by atoms with Crippen LogP contribution in [0.2, 0.25) is 0 Å². The van der Waals surface area contributed by atoms with Crippen LogP contribution < -0.4 is 10.6 Å². The summed E-state index contributed by atoms with van der Waals surface area (Å²) < 4.78 is 0. The Hall–Kier alpha value is -1.75. The van der Waals surface area contributed by atoms with E-state index in [-0.39, 0.29) is 17.1 Å². The molecular formula is C13H18N2O3. The summed E-state index contributed by atoms with van der Waals surface area (Å²) in [5.41, 5.74) is -0.0584. The van der Waals surface area contributed by atoms with Crippen molar-refractivity contribution in [3.8, 4) is 11.5 Å². The zero-order valence-electron chi connectivity index (χ0n) is 10.1. The lowest BCUT2D eigenvalue weighted by Gasteiger charge is -2.11. The van der Waals surface area contributed by atoms with E-state index in [1.54, 1.807) is 0 Å². The normalized spacial score (nSPS) is 18.8. The summed E-state index contributed by atoms with van der Waals surface area (Å²) in [6, 6.07) is 4.72. The van der Waals surface area contributed by atoms with Crippen molar-refractivity contribution in [3.63, 3.8) is 0 Å². The average molecular weight is 250 g/mol. The lowest BCUT2D eigenvalue weighted by molar-refractivity contribution is 0.0947. The van der Waals surface area contributed by atoms with Gasteiger partial charge in [-0.3, -0.25) is 4.79 Å². The maximum absolute atomic E-state index is 11.8. The van der Waals surface area contributed by atoms with Gasteiger partial charge in [-0.1, -0.05) is 6.07 Å². The van der Waals surface area contributed by atoms with Crippen molar-refractivity contribution >= 4 is 5.91 Å². The molecule has 0 bridgehead atoms. The highest BCUT2D eigenvalue weighted by molar-refractivity contribution is 5.99. The number of carbonyl (C=O) groups excluding carboxylic acids is 1. The first-order valence-electron chi connectivity index (χ1n) is 6.21. The molecule has 5 nitrogen and oxygen atoms in total. The van der Waals surface area contributed by atoms with E-state index in [0.717, 1.165) is 19.4 Å². The quantitative estimate of drug-likeness (QED) is 0.642. The van der Waals surface area contributed by atoms with Crippen LogP contribution in [-0.4, -0.2) is 35.3 Å². The molecule has 2 rings (SSSR count). The van der Waals surface area contributed by atoms with Gasteiger partial charge in [0.25, 0.3) is 5.91 Å². The van der Waals surface area contributed by atoms with E-state index < -0.39 is 5.91 Å². The summed E-state index contributed by atoms with van der Waals surface area (Å²) in [4.78, 5) is 11.8. The van der Waals surface area contributed by atoms with Gasteiger partial charge in [-0.15, -0.1) is 0 Å². The van der Waals surface area contributed by atoms with Crippen LogP contribution in [0.15, 0.2) is 18.2 Å². The van der Waals surface area contributed by atoms with Crippen LogP contribution in [0.4, 0.5) is 0 Å². The van der Waals surface area contributed by atoms with Gasteiger partial charge in [-0.25, -0.2) is 0 Å². The topological polar surface area (TPSA) is 81.6 Å². The number of nitrogens with one attached hydrogen (secondary N) is 2. The molecule has 18 heavy (non-hydrogen) atoms. The molecule has 1 aromatic rings. The second-order valence-electron chi connectivity index (χ2n) is 4.51. The largest absolute Gasteiger partial charge is 0.507 e. The van der Waals surface area contributed by atoms with Crippen molar-refractivity contribution in [1.82, 2.24) is 10.6 Å². The van der Waals surface area contributed by atoms with Gasteiger partial charge in [0, 0.05) is 12.6 Å². The Morgan fingerprint density at radius 1 is 1.39 bits per heavy atom. The van der Waals surface area contributed by atoms with Crippen molar-refractivity contribution in [1.29, 1.82) is 0 Å².